The van der Waals surface area contributed by atoms with E-state index in [1.807, 2.05) is 91.0 Å². The maximum absolute atomic E-state index is 13.6. The number of para-hydroxylation sites is 2. The highest BCUT2D eigenvalue weighted by atomic mass is 35.5. The summed E-state index contributed by atoms with van der Waals surface area (Å²) in [7, 11) is 0. The molecule has 6 nitrogen and oxygen atoms in total. The van der Waals surface area contributed by atoms with Crippen molar-refractivity contribution in [3.8, 4) is 17.3 Å². The molecule has 0 unspecified atom stereocenters. The monoisotopic (exact) mass is 428 g/mol. The Kier molecular flexibility index (Phi) is 4.98. The van der Waals surface area contributed by atoms with Crippen LogP contribution in [0.25, 0.3) is 16.9 Å². The second-order valence-corrected chi connectivity index (χ2v) is 7.25. The predicted molar refractivity (Wildman–Crippen MR) is 120 cm³/mol. The Morgan fingerprint density at radius 3 is 2.10 bits per heavy atom. The van der Waals surface area contributed by atoms with Crippen LogP contribution >= 0.6 is 11.6 Å². The molecule has 0 aliphatic carbocycles. The third-order valence-electron chi connectivity index (χ3n) is 4.87. The lowest BCUT2D eigenvalue weighted by Crippen LogP contribution is -2.23. The number of benzene rings is 3. The fraction of sp³-hybridized carbons (Fsp3) is 0.0417. The molecule has 0 fully saturated rings. The van der Waals surface area contributed by atoms with Gasteiger partial charge in [-0.15, -0.1) is 0 Å². The van der Waals surface area contributed by atoms with Gasteiger partial charge in [0.25, 0.3) is 0 Å². The minimum atomic E-state index is -0.250. The minimum Gasteiger partial charge on any atom is -0.437 e. The summed E-state index contributed by atoms with van der Waals surface area (Å²) in [4.78, 5) is 22.3. The Morgan fingerprint density at radius 2 is 1.42 bits per heavy atom. The third-order valence-corrected chi connectivity index (χ3v) is 5.03. The van der Waals surface area contributed by atoms with E-state index < -0.39 is 0 Å². The van der Waals surface area contributed by atoms with Crippen LogP contribution in [0.5, 0.6) is 11.6 Å². The van der Waals surface area contributed by atoms with E-state index in [-0.39, 0.29) is 16.9 Å². The molecule has 0 saturated heterocycles. The van der Waals surface area contributed by atoms with Crippen LogP contribution in [-0.4, -0.2) is 19.1 Å². The van der Waals surface area contributed by atoms with E-state index in [0.717, 1.165) is 5.56 Å². The molecular weight excluding hydrogens is 412 g/mol. The van der Waals surface area contributed by atoms with Crippen molar-refractivity contribution >= 4 is 22.8 Å². The zero-order valence-electron chi connectivity index (χ0n) is 16.4. The van der Waals surface area contributed by atoms with Gasteiger partial charge >= 0.3 is 5.69 Å². The molecule has 152 valence electrons. The van der Waals surface area contributed by atoms with E-state index in [4.69, 9.17) is 16.3 Å². The van der Waals surface area contributed by atoms with Gasteiger partial charge in [0.2, 0.25) is 11.2 Å². The van der Waals surface area contributed by atoms with Gasteiger partial charge in [0.05, 0.1) is 12.2 Å². The molecule has 3 aromatic carbocycles. The van der Waals surface area contributed by atoms with Crippen LogP contribution in [0.2, 0.25) is 5.28 Å². The zero-order valence-corrected chi connectivity index (χ0v) is 17.1. The topological polar surface area (TPSA) is 61.9 Å². The van der Waals surface area contributed by atoms with Gasteiger partial charge in [-0.2, -0.15) is 9.97 Å². The fourth-order valence-electron chi connectivity index (χ4n) is 3.49. The number of aromatic nitrogens is 4. The van der Waals surface area contributed by atoms with Crippen LogP contribution in [0.15, 0.2) is 95.8 Å². The fourth-order valence-corrected chi connectivity index (χ4v) is 3.65. The maximum atomic E-state index is 13.6. The molecule has 0 aliphatic rings. The first-order valence-corrected chi connectivity index (χ1v) is 10.1. The Bertz CT molecular complexity index is 1400. The minimum absolute atomic E-state index is 0.0000247. The van der Waals surface area contributed by atoms with E-state index in [9.17, 15) is 4.79 Å². The normalized spacial score (nSPS) is 11.0. The summed E-state index contributed by atoms with van der Waals surface area (Å²) < 4.78 is 9.20. The summed E-state index contributed by atoms with van der Waals surface area (Å²) in [6.07, 6.45) is 0. The van der Waals surface area contributed by atoms with E-state index in [2.05, 4.69) is 9.97 Å². The zero-order chi connectivity index (χ0) is 21.2. The number of nitrogens with zero attached hydrogens (tertiary/aromatic N) is 4. The maximum Gasteiger partial charge on any atom is 0.335 e. The lowest BCUT2D eigenvalue weighted by molar-refractivity contribution is 0.465. The van der Waals surface area contributed by atoms with Crippen molar-refractivity contribution in [2.75, 3.05) is 0 Å². The molecule has 5 aromatic rings. The predicted octanol–water partition coefficient (Wildman–Crippen LogP) is 5.08. The van der Waals surface area contributed by atoms with Crippen molar-refractivity contribution in [3.63, 3.8) is 0 Å². The number of ether oxygens (including phenoxy) is 1. The summed E-state index contributed by atoms with van der Waals surface area (Å²) in [5, 5.41) is -0.0000247. The van der Waals surface area contributed by atoms with Crippen LogP contribution in [0, 0.1) is 0 Å². The quantitative estimate of drug-likeness (QED) is 0.366. The van der Waals surface area contributed by atoms with Gasteiger partial charge in [-0.05, 0) is 41.4 Å². The van der Waals surface area contributed by atoms with Gasteiger partial charge in [-0.3, -0.25) is 4.57 Å². The van der Waals surface area contributed by atoms with Gasteiger partial charge in [-0.25, -0.2) is 9.36 Å². The molecule has 5 rings (SSSR count). The van der Waals surface area contributed by atoms with Crippen molar-refractivity contribution in [2.45, 2.75) is 6.54 Å². The van der Waals surface area contributed by atoms with Crippen molar-refractivity contribution in [1.29, 1.82) is 0 Å². The van der Waals surface area contributed by atoms with Gasteiger partial charge in [-0.1, -0.05) is 66.7 Å². The molecule has 2 aromatic heterocycles. The number of halogens is 1. The number of rotatable bonds is 5. The number of hydrogen-bond donors (Lipinski definition) is 0. The Balaban J connectivity index is 1.79. The molecule has 0 saturated carbocycles. The molecule has 0 N–H and O–H groups in total. The number of fused-ring (bicyclic) bond motifs is 1. The van der Waals surface area contributed by atoms with Crippen molar-refractivity contribution in [2.24, 2.45) is 0 Å². The Labute approximate surface area is 183 Å². The Morgan fingerprint density at radius 1 is 0.806 bits per heavy atom. The molecule has 0 bridgehead atoms. The van der Waals surface area contributed by atoms with Gasteiger partial charge < -0.3 is 4.74 Å². The summed E-state index contributed by atoms with van der Waals surface area (Å²) in [5.74, 6) is 0.814. The van der Waals surface area contributed by atoms with Crippen LogP contribution in [0.4, 0.5) is 0 Å². The second kappa shape index (κ2) is 8.08. The molecule has 0 spiro atoms. The average molecular weight is 429 g/mol. The summed E-state index contributed by atoms with van der Waals surface area (Å²) in [5.41, 5.74) is 2.27. The number of hydrogen-bond acceptors (Lipinski definition) is 4. The van der Waals surface area contributed by atoms with Crippen molar-refractivity contribution < 1.29 is 4.74 Å². The number of imidazole rings is 1. The standard InChI is InChI=1S/C24H17ClN4O2/c25-23-26-21-20(22(27-23)31-19-14-8-3-9-15-19)28(16-17-10-4-1-5-11-17)24(30)29(21)18-12-6-2-7-13-18/h1-15H,16H2. The molecular formula is C24H17ClN4O2. The van der Waals surface area contributed by atoms with Gasteiger partial charge in [0, 0.05) is 0 Å². The van der Waals surface area contributed by atoms with Gasteiger partial charge in [0.1, 0.15) is 5.75 Å². The second-order valence-electron chi connectivity index (χ2n) is 6.91. The first kappa shape index (κ1) is 19.1. The largest absolute Gasteiger partial charge is 0.437 e. The smallest absolute Gasteiger partial charge is 0.335 e. The van der Waals surface area contributed by atoms with Crippen LogP contribution in [0.1, 0.15) is 5.56 Å². The summed E-state index contributed by atoms with van der Waals surface area (Å²) in [6.45, 7) is 0.339. The van der Waals surface area contributed by atoms with Crippen molar-refractivity contribution in [1.82, 2.24) is 19.1 Å². The molecule has 0 atom stereocenters. The highest BCUT2D eigenvalue weighted by molar-refractivity contribution is 6.28. The van der Waals surface area contributed by atoms with Gasteiger partial charge in [0.15, 0.2) is 11.2 Å². The van der Waals surface area contributed by atoms with E-state index in [1.165, 1.54) is 4.57 Å². The van der Waals surface area contributed by atoms with E-state index in [0.29, 0.717) is 29.1 Å². The van der Waals surface area contributed by atoms with E-state index >= 15 is 0 Å². The molecule has 2 heterocycles. The van der Waals surface area contributed by atoms with Crippen molar-refractivity contribution in [3.05, 3.63) is 112 Å². The summed E-state index contributed by atoms with van der Waals surface area (Å²) >= 11 is 6.24. The van der Waals surface area contributed by atoms with Crippen LogP contribution in [-0.2, 0) is 6.54 Å². The lowest BCUT2D eigenvalue weighted by Gasteiger charge is -2.09. The van der Waals surface area contributed by atoms with E-state index in [1.54, 1.807) is 4.57 Å². The molecule has 7 heteroatoms. The first-order chi connectivity index (χ1) is 15.2. The SMILES string of the molecule is O=c1n(Cc2ccccc2)c2c(Oc3ccccc3)nc(Cl)nc2n1-c1ccccc1. The Hall–Kier alpha value is -3.90. The van der Waals surface area contributed by atoms with Crippen LogP contribution < -0.4 is 10.4 Å². The first-order valence-electron chi connectivity index (χ1n) is 9.72. The lowest BCUT2D eigenvalue weighted by atomic mass is 10.2. The summed E-state index contributed by atoms with van der Waals surface area (Å²) in [6, 6.07) is 28.3. The third kappa shape index (κ3) is 3.69. The molecule has 0 radical (unpaired) electrons. The van der Waals surface area contributed by atoms with Crippen LogP contribution in [0.3, 0.4) is 0 Å². The highest BCUT2D eigenvalue weighted by Crippen LogP contribution is 2.30. The molecule has 0 aliphatic heterocycles. The highest BCUT2D eigenvalue weighted by Gasteiger charge is 2.22. The molecule has 31 heavy (non-hydrogen) atoms. The molecule has 0 amide bonds. The average Bonchev–Trinajstić information content (AvgIpc) is 3.07.